The molecule has 21 heavy (non-hydrogen) atoms. The lowest BCUT2D eigenvalue weighted by molar-refractivity contribution is 0.866. The molecule has 0 aliphatic carbocycles. The molecule has 0 saturated carbocycles. The van der Waals surface area contributed by atoms with E-state index in [1.807, 2.05) is 19.1 Å². The number of aromatic nitrogens is 3. The zero-order chi connectivity index (χ0) is 14.8. The maximum atomic E-state index is 4.71. The average Bonchev–Trinajstić information content (AvgIpc) is 3.09. The van der Waals surface area contributed by atoms with Crippen molar-refractivity contribution in [1.82, 2.24) is 14.3 Å². The molecule has 108 valence electrons. The molecule has 4 nitrogen and oxygen atoms in total. The molecule has 2 heterocycles. The highest BCUT2D eigenvalue weighted by molar-refractivity contribution is 9.10. The Morgan fingerprint density at radius 3 is 2.62 bits per heavy atom. The molecule has 3 aromatic rings. The summed E-state index contributed by atoms with van der Waals surface area (Å²) in [6.07, 6.45) is 0. The Morgan fingerprint density at radius 1 is 1.19 bits per heavy atom. The third-order valence-corrected chi connectivity index (χ3v) is 5.19. The first-order chi connectivity index (χ1) is 10.1. The quantitative estimate of drug-likeness (QED) is 0.698. The number of thiazole rings is 1. The number of benzene rings is 1. The molecule has 1 aromatic carbocycles. The van der Waals surface area contributed by atoms with Crippen LogP contribution in [0.15, 0.2) is 34.1 Å². The monoisotopic (exact) mass is 380 g/mol. The molecule has 2 aromatic heterocycles. The Balaban J connectivity index is 1.76. The summed E-state index contributed by atoms with van der Waals surface area (Å²) < 4.78 is 5.24. The van der Waals surface area contributed by atoms with Gasteiger partial charge in [0.15, 0.2) is 0 Å². The predicted molar refractivity (Wildman–Crippen MR) is 91.9 cm³/mol. The van der Waals surface area contributed by atoms with E-state index in [4.69, 9.17) is 4.98 Å². The van der Waals surface area contributed by atoms with Gasteiger partial charge in [0.05, 0.1) is 11.7 Å². The van der Waals surface area contributed by atoms with Crippen molar-refractivity contribution >= 4 is 43.9 Å². The fraction of sp³-hybridized carbons (Fsp3) is 0.214. The molecule has 3 rings (SSSR count). The lowest BCUT2D eigenvalue weighted by Crippen LogP contribution is -2.05. The van der Waals surface area contributed by atoms with Gasteiger partial charge in [-0.05, 0) is 26.0 Å². The Kier molecular flexibility index (Phi) is 4.32. The molecule has 7 heteroatoms. The van der Waals surface area contributed by atoms with E-state index in [9.17, 15) is 0 Å². The fourth-order valence-corrected chi connectivity index (χ4v) is 3.60. The Hall–Kier alpha value is -1.31. The summed E-state index contributed by atoms with van der Waals surface area (Å²) in [5.41, 5.74) is 2.13. The molecule has 1 N–H and O–H groups in total. The third kappa shape index (κ3) is 3.48. The molecule has 0 spiro atoms. The van der Waals surface area contributed by atoms with Gasteiger partial charge in [0, 0.05) is 26.9 Å². The maximum Gasteiger partial charge on any atom is 0.203 e. The first-order valence-electron chi connectivity index (χ1n) is 6.40. The topological polar surface area (TPSA) is 50.7 Å². The summed E-state index contributed by atoms with van der Waals surface area (Å²) in [6.45, 7) is 3.97. The minimum absolute atomic E-state index is 0.117. The first-order valence-corrected chi connectivity index (χ1v) is 8.84. The summed E-state index contributed by atoms with van der Waals surface area (Å²) in [5, 5.41) is 7.30. The van der Waals surface area contributed by atoms with Gasteiger partial charge in [-0.15, -0.1) is 11.3 Å². The van der Waals surface area contributed by atoms with Crippen LogP contribution < -0.4 is 5.32 Å². The molecule has 0 radical (unpaired) electrons. The van der Waals surface area contributed by atoms with E-state index in [0.717, 1.165) is 31.7 Å². The number of halogens is 1. The van der Waals surface area contributed by atoms with Crippen LogP contribution in [0, 0.1) is 6.92 Å². The van der Waals surface area contributed by atoms with Gasteiger partial charge in [-0.2, -0.15) is 4.37 Å². The van der Waals surface area contributed by atoms with E-state index in [1.165, 1.54) is 11.5 Å². The van der Waals surface area contributed by atoms with Crippen LogP contribution >= 0.6 is 38.8 Å². The van der Waals surface area contributed by atoms with Crippen molar-refractivity contribution in [2.75, 3.05) is 5.32 Å². The summed E-state index contributed by atoms with van der Waals surface area (Å²) in [6, 6.07) is 8.30. The summed E-state index contributed by atoms with van der Waals surface area (Å²) in [5.74, 6) is 0.796. The lowest BCUT2D eigenvalue weighted by Gasteiger charge is -2.08. The number of anilines is 1. The van der Waals surface area contributed by atoms with Crippen LogP contribution in [0.4, 0.5) is 5.13 Å². The highest BCUT2D eigenvalue weighted by Crippen LogP contribution is 2.28. The smallest absolute Gasteiger partial charge is 0.203 e. The van der Waals surface area contributed by atoms with Crippen LogP contribution in [-0.4, -0.2) is 14.3 Å². The van der Waals surface area contributed by atoms with Gasteiger partial charge in [-0.1, -0.05) is 28.1 Å². The number of aryl methyl sites for hydroxylation is 1. The van der Waals surface area contributed by atoms with Crippen molar-refractivity contribution in [3.63, 3.8) is 0 Å². The number of hydrogen-bond donors (Lipinski definition) is 1. The third-order valence-electron chi connectivity index (χ3n) is 2.90. The van der Waals surface area contributed by atoms with Gasteiger partial charge < -0.3 is 5.32 Å². The van der Waals surface area contributed by atoms with Gasteiger partial charge in [-0.3, -0.25) is 0 Å². The molecular weight excluding hydrogens is 368 g/mol. The molecule has 1 unspecified atom stereocenters. The molecule has 0 aliphatic heterocycles. The molecule has 0 aliphatic rings. The fourth-order valence-electron chi connectivity index (χ4n) is 1.84. The summed E-state index contributed by atoms with van der Waals surface area (Å²) in [4.78, 5) is 9.03. The highest BCUT2D eigenvalue weighted by atomic mass is 79.9. The van der Waals surface area contributed by atoms with Crippen LogP contribution in [0.2, 0.25) is 0 Å². The second-order valence-corrected chi connectivity index (χ2v) is 7.15. The Labute approximate surface area is 139 Å². The largest absolute Gasteiger partial charge is 0.351 e. The van der Waals surface area contributed by atoms with Gasteiger partial charge in [0.2, 0.25) is 5.13 Å². The van der Waals surface area contributed by atoms with Crippen molar-refractivity contribution in [3.8, 4) is 11.3 Å². The van der Waals surface area contributed by atoms with Crippen molar-refractivity contribution in [2.45, 2.75) is 19.9 Å². The number of nitrogens with zero attached hydrogens (tertiary/aromatic N) is 3. The zero-order valence-corrected chi connectivity index (χ0v) is 14.7. The van der Waals surface area contributed by atoms with Gasteiger partial charge in [0.25, 0.3) is 0 Å². The average molecular weight is 381 g/mol. The molecule has 0 bridgehead atoms. The number of hydrogen-bond acceptors (Lipinski definition) is 6. The molecule has 0 amide bonds. The van der Waals surface area contributed by atoms with Crippen molar-refractivity contribution in [2.24, 2.45) is 0 Å². The molecule has 0 fully saturated rings. The molecule has 1 atom stereocenters. The number of rotatable bonds is 4. The Bertz CT molecular complexity index is 736. The van der Waals surface area contributed by atoms with Crippen molar-refractivity contribution in [3.05, 3.63) is 45.0 Å². The molecule has 0 saturated heterocycles. The summed E-state index contributed by atoms with van der Waals surface area (Å²) >= 11 is 6.48. The van der Waals surface area contributed by atoms with E-state index >= 15 is 0 Å². The van der Waals surface area contributed by atoms with E-state index in [0.29, 0.717) is 0 Å². The SMILES string of the molecule is Cc1nsc(NC(C)c2nc(-c3ccc(Br)cc3)cs2)n1. The zero-order valence-electron chi connectivity index (χ0n) is 11.5. The van der Waals surface area contributed by atoms with Gasteiger partial charge >= 0.3 is 0 Å². The second-order valence-electron chi connectivity index (χ2n) is 4.59. The summed E-state index contributed by atoms with van der Waals surface area (Å²) in [7, 11) is 0. The van der Waals surface area contributed by atoms with E-state index in [1.54, 1.807) is 11.3 Å². The normalized spacial score (nSPS) is 12.3. The van der Waals surface area contributed by atoms with Crippen LogP contribution in [0.1, 0.15) is 23.8 Å². The predicted octanol–water partition coefficient (Wildman–Crippen LogP) is 4.91. The standard InChI is InChI=1S/C14H13BrN4S2/c1-8(16-14-17-9(2)19-21-14)13-18-12(7-20-13)10-3-5-11(15)6-4-10/h3-8H,1-2H3,(H,16,17,19). The van der Waals surface area contributed by atoms with Crippen molar-refractivity contribution < 1.29 is 0 Å². The Morgan fingerprint density at radius 2 is 1.95 bits per heavy atom. The van der Waals surface area contributed by atoms with E-state index in [-0.39, 0.29) is 6.04 Å². The van der Waals surface area contributed by atoms with E-state index in [2.05, 4.69) is 55.0 Å². The first kappa shape index (κ1) is 14.6. The van der Waals surface area contributed by atoms with Gasteiger partial charge in [-0.25, -0.2) is 9.97 Å². The van der Waals surface area contributed by atoms with E-state index < -0.39 is 0 Å². The van der Waals surface area contributed by atoms with Crippen molar-refractivity contribution in [1.29, 1.82) is 0 Å². The number of nitrogens with one attached hydrogen (secondary N) is 1. The van der Waals surface area contributed by atoms with Crippen LogP contribution in [0.25, 0.3) is 11.3 Å². The lowest BCUT2D eigenvalue weighted by atomic mass is 10.2. The second kappa shape index (κ2) is 6.21. The van der Waals surface area contributed by atoms with Crippen LogP contribution in [0.5, 0.6) is 0 Å². The minimum Gasteiger partial charge on any atom is -0.351 e. The van der Waals surface area contributed by atoms with Crippen LogP contribution in [0.3, 0.4) is 0 Å². The van der Waals surface area contributed by atoms with Crippen LogP contribution in [-0.2, 0) is 0 Å². The minimum atomic E-state index is 0.117. The molecular formula is C14H13BrN4S2. The maximum absolute atomic E-state index is 4.71. The highest BCUT2D eigenvalue weighted by Gasteiger charge is 2.13. The van der Waals surface area contributed by atoms with Gasteiger partial charge in [0.1, 0.15) is 10.8 Å².